The Morgan fingerprint density at radius 2 is 2.00 bits per heavy atom. The summed E-state index contributed by atoms with van der Waals surface area (Å²) in [5.41, 5.74) is -0.433. The van der Waals surface area contributed by atoms with Crippen LogP contribution in [0.1, 0.15) is 46.0 Å². The topological polar surface area (TPSA) is 32.7 Å². The molecule has 1 aliphatic rings. The molecule has 1 aliphatic carbocycles. The number of aliphatic hydroxyl groups is 1. The van der Waals surface area contributed by atoms with Gasteiger partial charge in [-0.25, -0.2) is 0 Å². The summed E-state index contributed by atoms with van der Waals surface area (Å²) < 4.78 is 5.14. The van der Waals surface area contributed by atoms with Crippen LogP contribution >= 0.6 is 0 Å². The largest absolute Gasteiger partial charge is 0.389 e. The van der Waals surface area contributed by atoms with E-state index in [9.17, 15) is 5.11 Å². The Labute approximate surface area is 99.8 Å². The van der Waals surface area contributed by atoms with Crippen molar-refractivity contribution in [2.24, 2.45) is 0 Å². The lowest BCUT2D eigenvalue weighted by Crippen LogP contribution is -2.46. The fourth-order valence-corrected chi connectivity index (χ4v) is 2.49. The normalized spacial score (nSPS) is 21.6. The number of nitrogens with zero attached hydrogens (tertiary/aromatic N) is 1. The van der Waals surface area contributed by atoms with Gasteiger partial charge in [-0.1, -0.05) is 19.8 Å². The van der Waals surface area contributed by atoms with Gasteiger partial charge >= 0.3 is 0 Å². The first-order valence-electron chi connectivity index (χ1n) is 6.56. The van der Waals surface area contributed by atoms with Crippen LogP contribution in [-0.4, -0.2) is 48.5 Å². The SMILES string of the molecule is CCC(C)N(CCOC)CC1(O)CCCC1. The van der Waals surface area contributed by atoms with E-state index in [1.165, 1.54) is 12.8 Å². The van der Waals surface area contributed by atoms with Crippen LogP contribution in [-0.2, 0) is 4.74 Å². The van der Waals surface area contributed by atoms with Crippen LogP contribution in [0.2, 0.25) is 0 Å². The lowest BCUT2D eigenvalue weighted by atomic mass is 10.0. The summed E-state index contributed by atoms with van der Waals surface area (Å²) >= 11 is 0. The van der Waals surface area contributed by atoms with Crippen LogP contribution in [0.4, 0.5) is 0 Å². The minimum absolute atomic E-state index is 0.433. The second-order valence-corrected chi connectivity index (χ2v) is 5.15. The molecule has 3 heteroatoms. The summed E-state index contributed by atoms with van der Waals surface area (Å²) in [5, 5.41) is 10.4. The summed E-state index contributed by atoms with van der Waals surface area (Å²) in [5.74, 6) is 0. The smallest absolute Gasteiger partial charge is 0.0774 e. The molecule has 0 heterocycles. The minimum atomic E-state index is -0.433. The van der Waals surface area contributed by atoms with Gasteiger partial charge in [0.2, 0.25) is 0 Å². The molecule has 0 aliphatic heterocycles. The molecule has 0 aromatic rings. The monoisotopic (exact) mass is 229 g/mol. The third-order valence-electron chi connectivity index (χ3n) is 3.83. The zero-order valence-electron chi connectivity index (χ0n) is 11.0. The Kier molecular flexibility index (Phi) is 5.73. The van der Waals surface area contributed by atoms with Crippen molar-refractivity contribution >= 4 is 0 Å². The fraction of sp³-hybridized carbons (Fsp3) is 1.00. The summed E-state index contributed by atoms with van der Waals surface area (Å²) in [7, 11) is 1.74. The van der Waals surface area contributed by atoms with E-state index in [1.807, 2.05) is 0 Å². The first-order valence-corrected chi connectivity index (χ1v) is 6.56. The first kappa shape index (κ1) is 13.9. The average Bonchev–Trinajstić information content (AvgIpc) is 2.70. The van der Waals surface area contributed by atoms with Crippen LogP contribution in [0, 0.1) is 0 Å². The van der Waals surface area contributed by atoms with E-state index >= 15 is 0 Å². The first-order chi connectivity index (χ1) is 7.61. The van der Waals surface area contributed by atoms with Crippen molar-refractivity contribution in [1.82, 2.24) is 4.90 Å². The van der Waals surface area contributed by atoms with Gasteiger partial charge in [0.1, 0.15) is 0 Å². The van der Waals surface area contributed by atoms with Crippen molar-refractivity contribution in [2.75, 3.05) is 26.8 Å². The van der Waals surface area contributed by atoms with E-state index in [1.54, 1.807) is 7.11 Å². The molecule has 1 saturated carbocycles. The van der Waals surface area contributed by atoms with Gasteiger partial charge in [-0.2, -0.15) is 0 Å². The molecule has 1 rings (SSSR count). The van der Waals surface area contributed by atoms with Crippen molar-refractivity contribution in [1.29, 1.82) is 0 Å². The molecular formula is C13H27NO2. The second kappa shape index (κ2) is 6.58. The molecule has 1 fully saturated rings. The van der Waals surface area contributed by atoms with Crippen LogP contribution in [0.25, 0.3) is 0 Å². The van der Waals surface area contributed by atoms with E-state index in [0.717, 1.165) is 39.0 Å². The van der Waals surface area contributed by atoms with Crippen LogP contribution in [0.15, 0.2) is 0 Å². The zero-order chi connectivity index (χ0) is 12.0. The van der Waals surface area contributed by atoms with Crippen molar-refractivity contribution in [3.05, 3.63) is 0 Å². The highest BCUT2D eigenvalue weighted by Crippen LogP contribution is 2.30. The molecule has 0 saturated heterocycles. The Morgan fingerprint density at radius 1 is 1.38 bits per heavy atom. The van der Waals surface area contributed by atoms with Gasteiger partial charge in [-0.05, 0) is 26.2 Å². The van der Waals surface area contributed by atoms with Gasteiger partial charge in [0.15, 0.2) is 0 Å². The average molecular weight is 229 g/mol. The summed E-state index contributed by atoms with van der Waals surface area (Å²) in [6, 6.07) is 0.528. The molecule has 0 spiro atoms. The van der Waals surface area contributed by atoms with E-state index in [0.29, 0.717) is 6.04 Å². The van der Waals surface area contributed by atoms with Gasteiger partial charge in [0, 0.05) is 26.2 Å². The fourth-order valence-electron chi connectivity index (χ4n) is 2.49. The highest BCUT2D eigenvalue weighted by molar-refractivity contribution is 4.88. The zero-order valence-corrected chi connectivity index (χ0v) is 11.0. The standard InChI is InChI=1S/C13H27NO2/c1-4-12(2)14(9-10-16-3)11-13(15)7-5-6-8-13/h12,15H,4-11H2,1-3H3. The molecule has 1 unspecified atom stereocenters. The molecule has 1 atom stereocenters. The third-order valence-corrected chi connectivity index (χ3v) is 3.83. The Morgan fingerprint density at radius 3 is 2.50 bits per heavy atom. The molecule has 0 aromatic carbocycles. The van der Waals surface area contributed by atoms with Crippen molar-refractivity contribution in [3.63, 3.8) is 0 Å². The molecule has 3 nitrogen and oxygen atoms in total. The number of rotatable bonds is 7. The maximum atomic E-state index is 10.4. The predicted octanol–water partition coefficient (Wildman–Crippen LogP) is 2.04. The van der Waals surface area contributed by atoms with E-state index < -0.39 is 5.60 Å². The summed E-state index contributed by atoms with van der Waals surface area (Å²) in [4.78, 5) is 2.37. The van der Waals surface area contributed by atoms with Gasteiger partial charge in [0.05, 0.1) is 12.2 Å². The number of hydrogen-bond acceptors (Lipinski definition) is 3. The summed E-state index contributed by atoms with van der Waals surface area (Å²) in [6.07, 6.45) is 5.41. The molecule has 96 valence electrons. The van der Waals surface area contributed by atoms with Crippen molar-refractivity contribution in [2.45, 2.75) is 57.6 Å². The van der Waals surface area contributed by atoms with Gasteiger partial charge in [0.25, 0.3) is 0 Å². The van der Waals surface area contributed by atoms with Gasteiger partial charge in [-0.15, -0.1) is 0 Å². The lowest BCUT2D eigenvalue weighted by molar-refractivity contribution is -0.00875. The Balaban J connectivity index is 2.47. The molecule has 0 aromatic heterocycles. The minimum Gasteiger partial charge on any atom is -0.389 e. The number of ether oxygens (including phenoxy) is 1. The second-order valence-electron chi connectivity index (χ2n) is 5.15. The molecular weight excluding hydrogens is 202 g/mol. The highest BCUT2D eigenvalue weighted by Gasteiger charge is 2.33. The maximum Gasteiger partial charge on any atom is 0.0774 e. The van der Waals surface area contributed by atoms with Crippen LogP contribution in [0.3, 0.4) is 0 Å². The molecule has 16 heavy (non-hydrogen) atoms. The predicted molar refractivity (Wildman–Crippen MR) is 66.6 cm³/mol. The quantitative estimate of drug-likeness (QED) is 0.725. The summed E-state index contributed by atoms with van der Waals surface area (Å²) in [6.45, 7) is 6.91. The van der Waals surface area contributed by atoms with Gasteiger partial charge < -0.3 is 9.84 Å². The highest BCUT2D eigenvalue weighted by atomic mass is 16.5. The maximum absolute atomic E-state index is 10.4. The molecule has 1 N–H and O–H groups in total. The van der Waals surface area contributed by atoms with E-state index in [2.05, 4.69) is 18.7 Å². The van der Waals surface area contributed by atoms with Crippen LogP contribution < -0.4 is 0 Å². The lowest BCUT2D eigenvalue weighted by Gasteiger charge is -2.35. The van der Waals surface area contributed by atoms with Crippen molar-refractivity contribution in [3.8, 4) is 0 Å². The Bertz CT molecular complexity index is 190. The number of methoxy groups -OCH3 is 1. The third kappa shape index (κ3) is 4.04. The molecule has 0 bridgehead atoms. The van der Waals surface area contributed by atoms with Crippen molar-refractivity contribution < 1.29 is 9.84 Å². The van der Waals surface area contributed by atoms with Gasteiger partial charge in [-0.3, -0.25) is 4.90 Å². The molecule has 0 radical (unpaired) electrons. The van der Waals surface area contributed by atoms with E-state index in [-0.39, 0.29) is 0 Å². The van der Waals surface area contributed by atoms with Crippen LogP contribution in [0.5, 0.6) is 0 Å². The number of hydrogen-bond donors (Lipinski definition) is 1. The Hall–Kier alpha value is -0.120. The molecule has 0 amide bonds. The van der Waals surface area contributed by atoms with E-state index in [4.69, 9.17) is 4.74 Å².